The van der Waals surface area contributed by atoms with E-state index < -0.39 is 0 Å². The van der Waals surface area contributed by atoms with Crippen molar-refractivity contribution in [1.82, 2.24) is 0 Å². The van der Waals surface area contributed by atoms with Gasteiger partial charge in [-0.2, -0.15) is 0 Å². The molecule has 2 aromatic rings. The maximum atomic E-state index is 6.02. The van der Waals surface area contributed by atoms with Gasteiger partial charge in [-0.15, -0.1) is 11.3 Å². The van der Waals surface area contributed by atoms with E-state index in [1.54, 1.807) is 17.4 Å². The van der Waals surface area contributed by atoms with Crippen molar-refractivity contribution in [2.24, 2.45) is 5.92 Å². The van der Waals surface area contributed by atoms with Crippen molar-refractivity contribution in [3.8, 4) is 0 Å². The highest BCUT2D eigenvalue weighted by Gasteiger charge is 2.16. The zero-order valence-corrected chi connectivity index (χ0v) is 12.6. The van der Waals surface area contributed by atoms with Crippen LogP contribution in [0.3, 0.4) is 0 Å². The molecule has 0 radical (unpaired) electrons. The van der Waals surface area contributed by atoms with E-state index in [0.29, 0.717) is 16.0 Å². The zero-order chi connectivity index (χ0) is 13.1. The first-order valence-electron chi connectivity index (χ1n) is 5.82. The van der Waals surface area contributed by atoms with Gasteiger partial charge in [-0.3, -0.25) is 0 Å². The molecular formula is C14H15Cl2NS. The number of benzene rings is 1. The van der Waals surface area contributed by atoms with Gasteiger partial charge >= 0.3 is 0 Å². The highest BCUT2D eigenvalue weighted by atomic mass is 35.5. The first kappa shape index (κ1) is 13.7. The average Bonchev–Trinajstić information content (AvgIpc) is 2.77. The van der Waals surface area contributed by atoms with E-state index in [9.17, 15) is 0 Å². The molecule has 0 aliphatic carbocycles. The highest BCUT2D eigenvalue weighted by molar-refractivity contribution is 7.10. The van der Waals surface area contributed by atoms with Crippen molar-refractivity contribution >= 4 is 40.2 Å². The fraction of sp³-hybridized carbons (Fsp3) is 0.286. The van der Waals surface area contributed by atoms with E-state index in [0.717, 1.165) is 5.69 Å². The first-order chi connectivity index (χ1) is 8.56. The number of halogens is 2. The summed E-state index contributed by atoms with van der Waals surface area (Å²) < 4.78 is 0. The summed E-state index contributed by atoms with van der Waals surface area (Å²) in [5.74, 6) is 0.487. The topological polar surface area (TPSA) is 12.0 Å². The summed E-state index contributed by atoms with van der Waals surface area (Å²) in [5.41, 5.74) is 0.958. The van der Waals surface area contributed by atoms with Gasteiger partial charge in [-0.1, -0.05) is 43.1 Å². The lowest BCUT2D eigenvalue weighted by atomic mass is 10.0. The molecule has 0 amide bonds. The Hall–Kier alpha value is -0.700. The Bertz CT molecular complexity index is 488. The average molecular weight is 300 g/mol. The molecule has 2 rings (SSSR count). The fourth-order valence-corrected chi connectivity index (χ4v) is 3.33. The lowest BCUT2D eigenvalue weighted by Gasteiger charge is -2.22. The van der Waals surface area contributed by atoms with E-state index in [4.69, 9.17) is 23.2 Å². The maximum absolute atomic E-state index is 6.02. The van der Waals surface area contributed by atoms with Gasteiger partial charge in [0.15, 0.2) is 0 Å². The predicted molar refractivity (Wildman–Crippen MR) is 82.0 cm³/mol. The maximum Gasteiger partial charge on any atom is 0.0629 e. The second-order valence-corrected chi connectivity index (χ2v) is 6.39. The minimum atomic E-state index is 0.277. The van der Waals surface area contributed by atoms with Gasteiger partial charge in [0.25, 0.3) is 0 Å². The smallest absolute Gasteiger partial charge is 0.0629 e. The third-order valence-electron chi connectivity index (χ3n) is 2.70. The summed E-state index contributed by atoms with van der Waals surface area (Å²) in [7, 11) is 0. The Kier molecular flexibility index (Phi) is 4.55. The van der Waals surface area contributed by atoms with Gasteiger partial charge in [0.05, 0.1) is 6.04 Å². The van der Waals surface area contributed by atoms with Crippen LogP contribution in [-0.2, 0) is 0 Å². The van der Waals surface area contributed by atoms with Gasteiger partial charge in [0.1, 0.15) is 0 Å². The summed E-state index contributed by atoms with van der Waals surface area (Å²) in [4.78, 5) is 1.32. The van der Waals surface area contributed by atoms with E-state index >= 15 is 0 Å². The number of rotatable bonds is 4. The number of nitrogens with one attached hydrogen (secondary N) is 1. The quantitative estimate of drug-likeness (QED) is 0.745. The SMILES string of the molecule is CC(C)C(Nc1cc(Cl)cc(Cl)c1)c1cccs1. The van der Waals surface area contributed by atoms with E-state index in [2.05, 4.69) is 36.7 Å². The molecular weight excluding hydrogens is 285 g/mol. The monoisotopic (exact) mass is 299 g/mol. The second kappa shape index (κ2) is 5.96. The highest BCUT2D eigenvalue weighted by Crippen LogP contribution is 2.31. The molecule has 18 heavy (non-hydrogen) atoms. The van der Waals surface area contributed by atoms with Gasteiger partial charge in [-0.25, -0.2) is 0 Å². The van der Waals surface area contributed by atoms with E-state index in [-0.39, 0.29) is 6.04 Å². The molecule has 4 heteroatoms. The van der Waals surface area contributed by atoms with Crippen molar-refractivity contribution < 1.29 is 0 Å². The predicted octanol–water partition coefficient (Wildman–Crippen LogP) is 5.86. The Balaban J connectivity index is 2.24. The van der Waals surface area contributed by atoms with Crippen LogP contribution >= 0.6 is 34.5 Å². The molecule has 1 heterocycles. The Labute approximate surface area is 122 Å². The molecule has 1 N–H and O–H groups in total. The molecule has 96 valence electrons. The number of anilines is 1. The lowest BCUT2D eigenvalue weighted by molar-refractivity contribution is 0.554. The van der Waals surface area contributed by atoms with Crippen molar-refractivity contribution in [3.05, 3.63) is 50.6 Å². The molecule has 1 atom stereocenters. The molecule has 1 aromatic carbocycles. The van der Waals surface area contributed by atoms with Gasteiger partial charge in [-0.05, 0) is 35.6 Å². The van der Waals surface area contributed by atoms with Crippen LogP contribution in [0.2, 0.25) is 10.0 Å². The molecule has 0 aliphatic rings. The van der Waals surface area contributed by atoms with E-state index in [1.807, 2.05) is 12.1 Å². The third-order valence-corrected chi connectivity index (χ3v) is 4.09. The molecule has 0 saturated heterocycles. The summed E-state index contributed by atoms with van der Waals surface area (Å²) in [5, 5.41) is 6.90. The second-order valence-electron chi connectivity index (χ2n) is 4.54. The van der Waals surface area contributed by atoms with Crippen molar-refractivity contribution in [1.29, 1.82) is 0 Å². The van der Waals surface area contributed by atoms with Crippen LogP contribution in [-0.4, -0.2) is 0 Å². The van der Waals surface area contributed by atoms with Crippen LogP contribution in [0.25, 0.3) is 0 Å². The summed E-state index contributed by atoms with van der Waals surface area (Å²) >= 11 is 13.8. The Morgan fingerprint density at radius 3 is 2.28 bits per heavy atom. The Morgan fingerprint density at radius 1 is 1.11 bits per heavy atom. The number of hydrogen-bond acceptors (Lipinski definition) is 2. The largest absolute Gasteiger partial charge is 0.377 e. The third kappa shape index (κ3) is 3.41. The summed E-state index contributed by atoms with van der Waals surface area (Å²) in [6, 6.07) is 10.0. The van der Waals surface area contributed by atoms with Gasteiger partial charge < -0.3 is 5.32 Å². The molecule has 1 nitrogen and oxygen atoms in total. The van der Waals surface area contributed by atoms with Gasteiger partial charge in [0, 0.05) is 20.6 Å². The van der Waals surface area contributed by atoms with Crippen LogP contribution in [0.4, 0.5) is 5.69 Å². The number of hydrogen-bond donors (Lipinski definition) is 1. The molecule has 0 saturated carbocycles. The van der Waals surface area contributed by atoms with E-state index in [1.165, 1.54) is 4.88 Å². The van der Waals surface area contributed by atoms with Crippen LogP contribution < -0.4 is 5.32 Å². The lowest BCUT2D eigenvalue weighted by Crippen LogP contribution is -2.15. The van der Waals surface area contributed by atoms with Crippen molar-refractivity contribution in [2.45, 2.75) is 19.9 Å². The van der Waals surface area contributed by atoms with Crippen LogP contribution in [0.5, 0.6) is 0 Å². The van der Waals surface area contributed by atoms with Crippen molar-refractivity contribution in [2.75, 3.05) is 5.32 Å². The fourth-order valence-electron chi connectivity index (χ4n) is 1.85. The number of thiophene rings is 1. The molecule has 1 unspecified atom stereocenters. The molecule has 1 aromatic heterocycles. The Morgan fingerprint density at radius 2 is 1.78 bits per heavy atom. The molecule has 0 spiro atoms. The normalized spacial score (nSPS) is 12.7. The minimum absolute atomic E-state index is 0.277. The molecule has 0 fully saturated rings. The van der Waals surface area contributed by atoms with Gasteiger partial charge in [0.2, 0.25) is 0 Å². The van der Waals surface area contributed by atoms with Crippen LogP contribution in [0.1, 0.15) is 24.8 Å². The van der Waals surface area contributed by atoms with Crippen LogP contribution in [0.15, 0.2) is 35.7 Å². The standard InChI is InChI=1S/C14H15Cl2NS/c1-9(2)14(13-4-3-5-18-13)17-12-7-10(15)6-11(16)8-12/h3-9,14,17H,1-2H3. The summed E-state index contributed by atoms with van der Waals surface area (Å²) in [6.45, 7) is 4.40. The molecule has 0 aliphatic heterocycles. The zero-order valence-electron chi connectivity index (χ0n) is 10.3. The summed E-state index contributed by atoms with van der Waals surface area (Å²) in [6.07, 6.45) is 0. The molecule has 0 bridgehead atoms. The van der Waals surface area contributed by atoms with Crippen LogP contribution in [0, 0.1) is 5.92 Å². The van der Waals surface area contributed by atoms with Crippen molar-refractivity contribution in [3.63, 3.8) is 0 Å². The first-order valence-corrected chi connectivity index (χ1v) is 7.46. The minimum Gasteiger partial charge on any atom is -0.377 e.